The molecular weight excluding hydrogens is 152 g/mol. The zero-order valence-electron chi connectivity index (χ0n) is 7.63. The van der Waals surface area contributed by atoms with Crippen LogP contribution in [0, 0.1) is 6.92 Å². The van der Waals surface area contributed by atoms with Gasteiger partial charge >= 0.3 is 0 Å². The third-order valence-corrected chi connectivity index (χ3v) is 1.83. The third kappa shape index (κ3) is 1.74. The highest BCUT2D eigenvalue weighted by Crippen LogP contribution is 2.16. The summed E-state index contributed by atoms with van der Waals surface area (Å²) in [6.07, 6.45) is -0.441. The van der Waals surface area contributed by atoms with E-state index in [9.17, 15) is 5.11 Å². The summed E-state index contributed by atoms with van der Waals surface area (Å²) in [7, 11) is 1.82. The van der Waals surface area contributed by atoms with E-state index in [1.54, 1.807) is 6.92 Å². The van der Waals surface area contributed by atoms with Gasteiger partial charge in [0, 0.05) is 18.3 Å². The van der Waals surface area contributed by atoms with Crippen molar-refractivity contribution in [2.45, 2.75) is 20.0 Å². The van der Waals surface area contributed by atoms with Crippen molar-refractivity contribution in [1.29, 1.82) is 0 Å². The van der Waals surface area contributed by atoms with Crippen LogP contribution in [-0.2, 0) is 0 Å². The molecule has 0 bridgehead atoms. The van der Waals surface area contributed by atoms with Gasteiger partial charge in [0.1, 0.15) is 5.82 Å². The second-order valence-electron chi connectivity index (χ2n) is 2.80. The molecule has 0 amide bonds. The highest BCUT2D eigenvalue weighted by Gasteiger charge is 2.05. The van der Waals surface area contributed by atoms with E-state index in [0.717, 1.165) is 17.1 Å². The number of aryl methyl sites for hydroxylation is 1. The van der Waals surface area contributed by atoms with Gasteiger partial charge in [0.2, 0.25) is 0 Å². The van der Waals surface area contributed by atoms with Gasteiger partial charge in [-0.05, 0) is 19.9 Å². The molecule has 66 valence electrons. The van der Waals surface area contributed by atoms with E-state index in [-0.39, 0.29) is 0 Å². The van der Waals surface area contributed by atoms with Gasteiger partial charge < -0.3 is 10.4 Å². The van der Waals surface area contributed by atoms with Gasteiger partial charge in [0.05, 0.1) is 6.10 Å². The Morgan fingerprint density at radius 2 is 2.17 bits per heavy atom. The first-order valence-corrected chi connectivity index (χ1v) is 3.98. The molecule has 0 fully saturated rings. The van der Waals surface area contributed by atoms with Crippen molar-refractivity contribution >= 4 is 5.82 Å². The zero-order valence-corrected chi connectivity index (χ0v) is 7.63. The number of aliphatic hydroxyl groups excluding tert-OH is 1. The van der Waals surface area contributed by atoms with Gasteiger partial charge in [-0.15, -0.1) is 0 Å². The molecule has 0 aromatic carbocycles. The third-order valence-electron chi connectivity index (χ3n) is 1.83. The van der Waals surface area contributed by atoms with Gasteiger partial charge in [-0.25, -0.2) is 4.98 Å². The average Bonchev–Trinajstić information content (AvgIpc) is 2.03. The smallest absolute Gasteiger partial charge is 0.125 e. The van der Waals surface area contributed by atoms with Crippen LogP contribution in [0.25, 0.3) is 0 Å². The van der Waals surface area contributed by atoms with Crippen LogP contribution >= 0.6 is 0 Å². The van der Waals surface area contributed by atoms with Crippen LogP contribution in [0.3, 0.4) is 0 Å². The molecule has 1 aromatic heterocycles. The number of nitrogens with one attached hydrogen (secondary N) is 1. The summed E-state index contributed by atoms with van der Waals surface area (Å²) in [5.74, 6) is 0.830. The fraction of sp³-hybridized carbons (Fsp3) is 0.444. The van der Waals surface area contributed by atoms with Crippen LogP contribution < -0.4 is 5.32 Å². The molecule has 1 aromatic rings. The van der Waals surface area contributed by atoms with Gasteiger partial charge in [0.25, 0.3) is 0 Å². The lowest BCUT2D eigenvalue weighted by Crippen LogP contribution is -2.00. The summed E-state index contributed by atoms with van der Waals surface area (Å²) in [5, 5.41) is 12.2. The number of nitrogens with zero attached hydrogens (tertiary/aromatic N) is 1. The standard InChI is InChI=1S/C9H14N2O/c1-6-8(7(2)12)4-5-9(10-3)11-6/h4-5,7,12H,1-3H3,(H,10,11)/t7-/m1/s1. The molecule has 1 atom stereocenters. The second-order valence-corrected chi connectivity index (χ2v) is 2.80. The first-order valence-electron chi connectivity index (χ1n) is 3.98. The van der Waals surface area contributed by atoms with E-state index in [1.165, 1.54) is 0 Å². The minimum absolute atomic E-state index is 0.441. The summed E-state index contributed by atoms with van der Waals surface area (Å²) in [6.45, 7) is 3.63. The molecule has 0 radical (unpaired) electrons. The molecule has 0 aliphatic carbocycles. The van der Waals surface area contributed by atoms with Gasteiger partial charge in [-0.2, -0.15) is 0 Å². The van der Waals surface area contributed by atoms with E-state index in [0.29, 0.717) is 0 Å². The molecular formula is C9H14N2O. The summed E-state index contributed by atoms with van der Waals surface area (Å²) in [6, 6.07) is 3.74. The Hall–Kier alpha value is -1.09. The van der Waals surface area contributed by atoms with Crippen molar-refractivity contribution in [3.8, 4) is 0 Å². The monoisotopic (exact) mass is 166 g/mol. The van der Waals surface area contributed by atoms with Crippen molar-refractivity contribution in [3.05, 3.63) is 23.4 Å². The molecule has 0 unspecified atom stereocenters. The molecule has 1 heterocycles. The molecule has 0 saturated carbocycles. The Kier molecular flexibility index (Phi) is 2.65. The number of anilines is 1. The van der Waals surface area contributed by atoms with Crippen LogP contribution in [0.15, 0.2) is 12.1 Å². The van der Waals surface area contributed by atoms with E-state index in [2.05, 4.69) is 10.3 Å². The maximum absolute atomic E-state index is 9.31. The highest BCUT2D eigenvalue weighted by atomic mass is 16.3. The summed E-state index contributed by atoms with van der Waals surface area (Å²) in [4.78, 5) is 4.24. The summed E-state index contributed by atoms with van der Waals surface area (Å²) in [5.41, 5.74) is 1.76. The molecule has 3 heteroatoms. The Balaban J connectivity index is 3.03. The van der Waals surface area contributed by atoms with Crippen LogP contribution in [0.1, 0.15) is 24.3 Å². The molecule has 2 N–H and O–H groups in total. The van der Waals surface area contributed by atoms with Crippen LogP contribution in [0.4, 0.5) is 5.82 Å². The zero-order chi connectivity index (χ0) is 9.14. The van der Waals surface area contributed by atoms with Crippen molar-refractivity contribution in [1.82, 2.24) is 4.98 Å². The average molecular weight is 166 g/mol. The molecule has 3 nitrogen and oxygen atoms in total. The van der Waals surface area contributed by atoms with Crippen molar-refractivity contribution < 1.29 is 5.11 Å². The maximum Gasteiger partial charge on any atom is 0.125 e. The van der Waals surface area contributed by atoms with Crippen LogP contribution in [-0.4, -0.2) is 17.1 Å². The summed E-state index contributed by atoms with van der Waals surface area (Å²) < 4.78 is 0. The number of rotatable bonds is 2. The SMILES string of the molecule is CNc1ccc([C@@H](C)O)c(C)n1. The first kappa shape index (κ1) is 9.00. The Labute approximate surface area is 72.5 Å². The van der Waals surface area contributed by atoms with Crippen molar-refractivity contribution in [2.75, 3.05) is 12.4 Å². The topological polar surface area (TPSA) is 45.1 Å². The van der Waals surface area contributed by atoms with Gasteiger partial charge in [-0.1, -0.05) is 6.07 Å². The molecule has 0 aliphatic rings. The van der Waals surface area contributed by atoms with E-state index in [4.69, 9.17) is 0 Å². The molecule has 0 aliphatic heterocycles. The Morgan fingerprint density at radius 3 is 2.58 bits per heavy atom. The molecule has 12 heavy (non-hydrogen) atoms. The largest absolute Gasteiger partial charge is 0.389 e. The predicted molar refractivity (Wildman–Crippen MR) is 49.2 cm³/mol. The Bertz CT molecular complexity index is 271. The molecule has 0 spiro atoms. The molecule has 0 saturated heterocycles. The normalized spacial score (nSPS) is 12.7. The van der Waals surface area contributed by atoms with Crippen molar-refractivity contribution in [2.24, 2.45) is 0 Å². The molecule has 1 rings (SSSR count). The lowest BCUT2D eigenvalue weighted by Gasteiger charge is -2.09. The Morgan fingerprint density at radius 1 is 1.50 bits per heavy atom. The maximum atomic E-state index is 9.31. The fourth-order valence-corrected chi connectivity index (χ4v) is 1.15. The highest BCUT2D eigenvalue weighted by molar-refractivity contribution is 5.38. The number of hydrogen-bond donors (Lipinski definition) is 2. The summed E-state index contributed by atoms with van der Waals surface area (Å²) >= 11 is 0. The predicted octanol–water partition coefficient (Wildman–Crippen LogP) is 1.49. The quantitative estimate of drug-likeness (QED) is 0.699. The van der Waals surface area contributed by atoms with Crippen LogP contribution in [0.2, 0.25) is 0 Å². The van der Waals surface area contributed by atoms with Gasteiger partial charge in [0.15, 0.2) is 0 Å². The van der Waals surface area contributed by atoms with Crippen LogP contribution in [0.5, 0.6) is 0 Å². The van der Waals surface area contributed by atoms with Crippen molar-refractivity contribution in [3.63, 3.8) is 0 Å². The van der Waals surface area contributed by atoms with E-state index in [1.807, 2.05) is 26.1 Å². The fourth-order valence-electron chi connectivity index (χ4n) is 1.15. The lowest BCUT2D eigenvalue weighted by atomic mass is 10.1. The minimum atomic E-state index is -0.441. The number of aliphatic hydroxyl groups is 1. The van der Waals surface area contributed by atoms with E-state index < -0.39 is 6.10 Å². The number of aromatic nitrogens is 1. The lowest BCUT2D eigenvalue weighted by molar-refractivity contribution is 0.198. The van der Waals surface area contributed by atoms with E-state index >= 15 is 0 Å². The minimum Gasteiger partial charge on any atom is -0.389 e. The van der Waals surface area contributed by atoms with Gasteiger partial charge in [-0.3, -0.25) is 0 Å². The number of hydrogen-bond acceptors (Lipinski definition) is 3. The second kappa shape index (κ2) is 3.54. The first-order chi connectivity index (χ1) is 5.65. The number of pyridine rings is 1.